The average Bonchev–Trinajstić information content (AvgIpc) is 3.23. The molecule has 1 aromatic rings. The second kappa shape index (κ2) is 8.67. The van der Waals surface area contributed by atoms with Crippen LogP contribution >= 0.6 is 0 Å². The Bertz CT molecular complexity index is 553. The first-order valence-corrected chi connectivity index (χ1v) is 9.53. The fraction of sp³-hybridized carbons (Fsp3) is 0.778. The van der Waals surface area contributed by atoms with Gasteiger partial charge in [0.1, 0.15) is 0 Å². The molecule has 1 N–H and O–H groups in total. The highest BCUT2D eigenvalue weighted by Crippen LogP contribution is 2.20. The lowest BCUT2D eigenvalue weighted by molar-refractivity contribution is 0.0296. The molecule has 2 aliphatic heterocycles. The summed E-state index contributed by atoms with van der Waals surface area (Å²) in [5.41, 5.74) is 0. The Hall–Kier alpha value is -1.60. The van der Waals surface area contributed by atoms with Crippen LogP contribution in [0.1, 0.15) is 33.1 Å². The zero-order chi connectivity index (χ0) is 17.6. The summed E-state index contributed by atoms with van der Waals surface area (Å²) in [4.78, 5) is 17.0. The maximum atomic E-state index is 12.7. The summed E-state index contributed by atoms with van der Waals surface area (Å²) in [6.45, 7) is 10.6. The van der Waals surface area contributed by atoms with Gasteiger partial charge in [-0.15, -0.1) is 0 Å². The number of nitrogens with zero attached hydrogens (tertiary/aromatic N) is 4. The lowest BCUT2D eigenvalue weighted by Crippen LogP contribution is -2.47. The average molecular weight is 349 g/mol. The van der Waals surface area contributed by atoms with E-state index in [0.29, 0.717) is 17.8 Å². The maximum absolute atomic E-state index is 12.7. The Labute approximate surface area is 150 Å². The molecule has 7 nitrogen and oxygen atoms in total. The van der Waals surface area contributed by atoms with E-state index in [4.69, 9.17) is 4.74 Å². The molecule has 3 rings (SSSR count). The van der Waals surface area contributed by atoms with Crippen molar-refractivity contribution in [2.75, 3.05) is 44.7 Å². The molecule has 2 saturated heterocycles. The molecular formula is C18H31N5O2. The van der Waals surface area contributed by atoms with Gasteiger partial charge in [0.25, 0.3) is 0 Å². The van der Waals surface area contributed by atoms with Gasteiger partial charge in [-0.25, -0.2) is 4.79 Å². The summed E-state index contributed by atoms with van der Waals surface area (Å²) < 4.78 is 7.32. The Morgan fingerprint density at radius 1 is 1.36 bits per heavy atom. The predicted molar refractivity (Wildman–Crippen MR) is 97.7 cm³/mol. The summed E-state index contributed by atoms with van der Waals surface area (Å²) in [5, 5.41) is 7.44. The van der Waals surface area contributed by atoms with Crippen LogP contribution in [0.3, 0.4) is 0 Å². The predicted octanol–water partition coefficient (Wildman–Crippen LogP) is 2.26. The number of amides is 2. The lowest BCUT2D eigenvalue weighted by Gasteiger charge is -2.32. The van der Waals surface area contributed by atoms with Crippen LogP contribution in [0.2, 0.25) is 0 Å². The second-order valence-electron chi connectivity index (χ2n) is 7.48. The lowest BCUT2D eigenvalue weighted by atomic mass is 10.1. The molecule has 0 saturated carbocycles. The molecule has 140 valence electrons. The summed E-state index contributed by atoms with van der Waals surface area (Å²) >= 11 is 0. The highest BCUT2D eigenvalue weighted by molar-refractivity contribution is 5.88. The highest BCUT2D eigenvalue weighted by atomic mass is 16.5. The zero-order valence-electron chi connectivity index (χ0n) is 15.5. The number of urea groups is 1. The van der Waals surface area contributed by atoms with E-state index >= 15 is 0 Å². The fourth-order valence-corrected chi connectivity index (χ4v) is 3.50. The number of aryl methyl sites for hydroxylation is 1. The fourth-order valence-electron chi connectivity index (χ4n) is 3.50. The number of nitrogens with one attached hydrogen (secondary N) is 1. The van der Waals surface area contributed by atoms with E-state index in [0.717, 1.165) is 65.2 Å². The molecular weight excluding hydrogens is 318 g/mol. The normalized spacial score (nSPS) is 21.9. The Kier molecular flexibility index (Phi) is 6.31. The van der Waals surface area contributed by atoms with Crippen molar-refractivity contribution >= 4 is 11.8 Å². The summed E-state index contributed by atoms with van der Waals surface area (Å²) in [6.07, 6.45) is 5.18. The smallest absolute Gasteiger partial charge is 0.323 e. The number of carbonyl (C=O) groups is 1. The number of aromatic nitrogens is 2. The van der Waals surface area contributed by atoms with Gasteiger partial charge in [0.05, 0.1) is 13.2 Å². The largest absolute Gasteiger partial charge is 0.379 e. The van der Waals surface area contributed by atoms with Crippen molar-refractivity contribution in [3.8, 4) is 0 Å². The number of likely N-dealkylation sites (tertiary alicyclic amines) is 1. The van der Waals surface area contributed by atoms with Crippen LogP contribution in [0, 0.1) is 5.92 Å². The number of hydrogen-bond acceptors (Lipinski definition) is 4. The van der Waals surface area contributed by atoms with Gasteiger partial charge in [0.15, 0.2) is 5.82 Å². The molecule has 2 amide bonds. The first kappa shape index (κ1) is 18.2. The van der Waals surface area contributed by atoms with E-state index in [2.05, 4.69) is 29.2 Å². The third kappa shape index (κ3) is 5.19. The maximum Gasteiger partial charge on any atom is 0.323 e. The molecule has 3 heterocycles. The Morgan fingerprint density at radius 2 is 2.16 bits per heavy atom. The van der Waals surface area contributed by atoms with E-state index < -0.39 is 0 Å². The standard InChI is InChI=1S/C18H31N5O2/c1-15(2)5-8-22-9-6-17(20-22)19-18(24)23-7-3-4-16(23)14-21-10-12-25-13-11-21/h6,9,15-16H,3-5,7-8,10-14H2,1-2H3,(H,19,20,24)/t16-/m0/s1. The van der Waals surface area contributed by atoms with Gasteiger partial charge in [-0.05, 0) is 25.2 Å². The van der Waals surface area contributed by atoms with E-state index in [1.165, 1.54) is 0 Å². The van der Waals surface area contributed by atoms with Crippen LogP contribution in [0.4, 0.5) is 10.6 Å². The number of carbonyl (C=O) groups excluding carboxylic acids is 1. The van der Waals surface area contributed by atoms with Crippen LogP contribution in [-0.2, 0) is 11.3 Å². The molecule has 25 heavy (non-hydrogen) atoms. The third-order valence-electron chi connectivity index (χ3n) is 5.02. The number of ether oxygens (including phenoxy) is 1. The molecule has 0 unspecified atom stereocenters. The van der Waals surface area contributed by atoms with Gasteiger partial charge in [-0.3, -0.25) is 14.9 Å². The Balaban J connectivity index is 1.51. The van der Waals surface area contributed by atoms with Crippen LogP contribution in [0.5, 0.6) is 0 Å². The molecule has 1 atom stereocenters. The zero-order valence-corrected chi connectivity index (χ0v) is 15.5. The molecule has 2 aliphatic rings. The van der Waals surface area contributed by atoms with Gasteiger partial charge in [-0.2, -0.15) is 5.10 Å². The molecule has 0 aliphatic carbocycles. The van der Waals surface area contributed by atoms with E-state index in [1.54, 1.807) is 0 Å². The van der Waals surface area contributed by atoms with Crippen molar-refractivity contribution in [1.29, 1.82) is 0 Å². The topological polar surface area (TPSA) is 62.6 Å². The van der Waals surface area contributed by atoms with Gasteiger partial charge >= 0.3 is 6.03 Å². The highest BCUT2D eigenvalue weighted by Gasteiger charge is 2.30. The molecule has 0 radical (unpaired) electrons. The van der Waals surface area contributed by atoms with Crippen molar-refractivity contribution in [3.63, 3.8) is 0 Å². The van der Waals surface area contributed by atoms with E-state index in [9.17, 15) is 4.79 Å². The van der Waals surface area contributed by atoms with Crippen LogP contribution in [0.15, 0.2) is 12.3 Å². The third-order valence-corrected chi connectivity index (χ3v) is 5.02. The van der Waals surface area contributed by atoms with Crippen LogP contribution < -0.4 is 5.32 Å². The number of hydrogen-bond donors (Lipinski definition) is 1. The van der Waals surface area contributed by atoms with Crippen molar-refractivity contribution in [3.05, 3.63) is 12.3 Å². The number of rotatable bonds is 6. The molecule has 0 spiro atoms. The molecule has 2 fully saturated rings. The molecule has 0 bridgehead atoms. The number of anilines is 1. The summed E-state index contributed by atoms with van der Waals surface area (Å²) in [6, 6.07) is 2.15. The van der Waals surface area contributed by atoms with Crippen molar-refractivity contribution in [1.82, 2.24) is 19.6 Å². The quantitative estimate of drug-likeness (QED) is 0.856. The minimum absolute atomic E-state index is 0.0233. The summed E-state index contributed by atoms with van der Waals surface area (Å²) in [7, 11) is 0. The Morgan fingerprint density at radius 3 is 2.92 bits per heavy atom. The monoisotopic (exact) mass is 349 g/mol. The first-order chi connectivity index (χ1) is 12.1. The van der Waals surface area contributed by atoms with Crippen molar-refractivity contribution in [2.24, 2.45) is 5.92 Å². The second-order valence-corrected chi connectivity index (χ2v) is 7.48. The van der Waals surface area contributed by atoms with Gasteiger partial charge < -0.3 is 9.64 Å². The van der Waals surface area contributed by atoms with E-state index in [-0.39, 0.29) is 6.03 Å². The SMILES string of the molecule is CC(C)CCn1ccc(NC(=O)N2CCC[C@H]2CN2CCOCC2)n1. The molecule has 7 heteroatoms. The minimum Gasteiger partial charge on any atom is -0.379 e. The summed E-state index contributed by atoms with van der Waals surface area (Å²) in [5.74, 6) is 1.29. The van der Waals surface area contributed by atoms with E-state index in [1.807, 2.05) is 21.8 Å². The van der Waals surface area contributed by atoms with Crippen molar-refractivity contribution in [2.45, 2.75) is 45.7 Å². The molecule has 0 aromatic carbocycles. The minimum atomic E-state index is -0.0233. The van der Waals surface area contributed by atoms with Crippen molar-refractivity contribution < 1.29 is 9.53 Å². The van der Waals surface area contributed by atoms with Gasteiger partial charge in [0, 0.05) is 51.0 Å². The van der Waals surface area contributed by atoms with Gasteiger partial charge in [-0.1, -0.05) is 13.8 Å². The molecule has 1 aromatic heterocycles. The van der Waals surface area contributed by atoms with Crippen LogP contribution in [0.25, 0.3) is 0 Å². The first-order valence-electron chi connectivity index (χ1n) is 9.53. The van der Waals surface area contributed by atoms with Crippen LogP contribution in [-0.4, -0.2) is 71.0 Å². The van der Waals surface area contributed by atoms with Gasteiger partial charge in [0.2, 0.25) is 0 Å². The number of morpholine rings is 1.